The first kappa shape index (κ1) is 26.6. The monoisotopic (exact) mass is 508 g/mol. The number of aliphatic hydroxyl groups excluding tert-OH is 3. The molecule has 1 aromatic rings. The third-order valence-corrected chi connectivity index (χ3v) is 10.1. The molecule has 0 saturated heterocycles. The lowest BCUT2D eigenvalue weighted by Gasteiger charge is -2.44. The Balaban J connectivity index is 1.28. The standard InChI is InChI=1S/C31H44N2O4/c1-5-28-32-33-29(37-28)31(15-16-31)27(36)13-8-19(2)24-11-12-25-21(7-6-14-30(24,25)4)9-10-22-17-23(34)18-26(35)20(22)3/h8-10,13,19,23-27,34-36H,3,5-7,11-12,14-18H2,1-2,4H3/t19-,23-,24-,25+,26+,27-,30-/m1/s1. The molecule has 202 valence electrons. The molecule has 37 heavy (non-hydrogen) atoms. The van der Waals surface area contributed by atoms with Crippen LogP contribution in [0.1, 0.15) is 90.3 Å². The molecule has 0 radical (unpaired) electrons. The van der Waals surface area contributed by atoms with E-state index in [0.717, 1.165) is 30.4 Å². The molecule has 0 aliphatic heterocycles. The van der Waals surface area contributed by atoms with E-state index in [-0.39, 0.29) is 5.41 Å². The van der Waals surface area contributed by atoms with Crippen molar-refractivity contribution in [3.05, 3.63) is 59.4 Å². The number of hydrogen-bond donors (Lipinski definition) is 3. The Morgan fingerprint density at radius 3 is 2.62 bits per heavy atom. The van der Waals surface area contributed by atoms with Crippen LogP contribution < -0.4 is 0 Å². The summed E-state index contributed by atoms with van der Waals surface area (Å²) >= 11 is 0. The first-order valence-electron chi connectivity index (χ1n) is 14.3. The highest BCUT2D eigenvalue weighted by Gasteiger charge is 2.54. The van der Waals surface area contributed by atoms with Gasteiger partial charge in [0.2, 0.25) is 11.8 Å². The molecule has 0 aromatic carbocycles. The summed E-state index contributed by atoms with van der Waals surface area (Å²) in [6.45, 7) is 10.8. The largest absolute Gasteiger partial charge is 0.425 e. The van der Waals surface area contributed by atoms with Crippen LogP contribution in [0.2, 0.25) is 0 Å². The number of fused-ring (bicyclic) bond motifs is 1. The second kappa shape index (κ2) is 10.3. The maximum atomic E-state index is 11.1. The van der Waals surface area contributed by atoms with Gasteiger partial charge >= 0.3 is 0 Å². The number of allylic oxidation sites excluding steroid dienone is 4. The van der Waals surface area contributed by atoms with Crippen LogP contribution >= 0.6 is 0 Å². The Bertz CT molecular complexity index is 1100. The molecule has 0 spiro atoms. The zero-order chi connectivity index (χ0) is 26.4. The van der Waals surface area contributed by atoms with Gasteiger partial charge in [-0.1, -0.05) is 57.2 Å². The third-order valence-electron chi connectivity index (χ3n) is 10.1. The molecule has 4 aliphatic carbocycles. The van der Waals surface area contributed by atoms with Gasteiger partial charge in [-0.3, -0.25) is 0 Å². The van der Waals surface area contributed by atoms with Crippen LogP contribution in [0.3, 0.4) is 0 Å². The van der Waals surface area contributed by atoms with E-state index in [1.807, 2.05) is 13.0 Å². The van der Waals surface area contributed by atoms with E-state index in [9.17, 15) is 15.3 Å². The highest BCUT2D eigenvalue weighted by molar-refractivity contribution is 5.38. The highest BCUT2D eigenvalue weighted by atomic mass is 16.4. The molecular weight excluding hydrogens is 464 g/mol. The summed E-state index contributed by atoms with van der Waals surface area (Å²) in [7, 11) is 0. The Labute approximate surface area is 221 Å². The Hall–Kier alpha value is -2.02. The lowest BCUT2D eigenvalue weighted by atomic mass is 9.61. The zero-order valence-electron chi connectivity index (χ0n) is 22.7. The number of aliphatic hydroxyl groups is 3. The fourth-order valence-corrected chi connectivity index (χ4v) is 7.58. The number of aromatic nitrogens is 2. The van der Waals surface area contributed by atoms with E-state index in [1.165, 1.54) is 31.3 Å². The average Bonchev–Trinajstić information content (AvgIpc) is 3.39. The average molecular weight is 509 g/mol. The summed E-state index contributed by atoms with van der Waals surface area (Å²) < 4.78 is 5.81. The predicted molar refractivity (Wildman–Crippen MR) is 144 cm³/mol. The molecule has 4 fully saturated rings. The normalized spacial score (nSPS) is 37.3. The van der Waals surface area contributed by atoms with Crippen molar-refractivity contribution in [2.45, 2.75) is 109 Å². The van der Waals surface area contributed by atoms with E-state index in [2.05, 4.69) is 48.9 Å². The Morgan fingerprint density at radius 1 is 1.14 bits per heavy atom. The van der Waals surface area contributed by atoms with E-state index in [1.54, 1.807) is 0 Å². The van der Waals surface area contributed by atoms with Crippen LogP contribution in [-0.2, 0) is 11.8 Å². The van der Waals surface area contributed by atoms with Crippen molar-refractivity contribution in [3.8, 4) is 0 Å². The molecule has 4 saturated carbocycles. The molecule has 4 aliphatic rings. The van der Waals surface area contributed by atoms with Gasteiger partial charge in [0.1, 0.15) is 0 Å². The van der Waals surface area contributed by atoms with Gasteiger partial charge in [0.15, 0.2) is 0 Å². The second-order valence-corrected chi connectivity index (χ2v) is 12.4. The number of nitrogens with zero attached hydrogens (tertiary/aromatic N) is 2. The first-order chi connectivity index (χ1) is 17.7. The number of aryl methyl sites for hydroxylation is 1. The van der Waals surface area contributed by atoms with Crippen LogP contribution in [0.4, 0.5) is 0 Å². The SMILES string of the molecule is C=C1C(=CC=C2CCC[C@]3(C)[C@@H]([C@H](C)C=C[C@@H](O)C4(c5nnc(CC)o5)CC4)CC[C@@H]23)C[C@@H](O)C[C@@H]1O. The minimum atomic E-state index is -0.646. The summed E-state index contributed by atoms with van der Waals surface area (Å²) in [6, 6.07) is 0. The van der Waals surface area contributed by atoms with Gasteiger partial charge < -0.3 is 19.7 Å². The lowest BCUT2D eigenvalue weighted by molar-refractivity contribution is 0.0862. The Kier molecular flexibility index (Phi) is 7.38. The van der Waals surface area contributed by atoms with Crippen LogP contribution in [0.15, 0.2) is 52.0 Å². The molecular formula is C31H44N2O4. The summed E-state index contributed by atoms with van der Waals surface area (Å²) in [5, 5.41) is 39.7. The summed E-state index contributed by atoms with van der Waals surface area (Å²) in [5.74, 6) is 2.70. The molecule has 6 heteroatoms. The van der Waals surface area contributed by atoms with Crippen molar-refractivity contribution < 1.29 is 19.7 Å². The van der Waals surface area contributed by atoms with Crippen molar-refractivity contribution in [1.82, 2.24) is 10.2 Å². The molecule has 6 nitrogen and oxygen atoms in total. The molecule has 0 unspecified atom stereocenters. The smallest absolute Gasteiger partial charge is 0.225 e. The van der Waals surface area contributed by atoms with E-state index in [0.29, 0.717) is 48.8 Å². The fourth-order valence-electron chi connectivity index (χ4n) is 7.58. The molecule has 3 N–H and O–H groups in total. The van der Waals surface area contributed by atoms with Gasteiger partial charge in [-0.05, 0) is 85.7 Å². The number of rotatable bonds is 7. The van der Waals surface area contributed by atoms with Crippen LogP contribution in [-0.4, -0.2) is 43.8 Å². The Morgan fingerprint density at radius 2 is 1.92 bits per heavy atom. The van der Waals surface area contributed by atoms with Crippen molar-refractivity contribution in [2.75, 3.05) is 0 Å². The van der Waals surface area contributed by atoms with Gasteiger partial charge in [-0.2, -0.15) is 0 Å². The highest BCUT2D eigenvalue weighted by Crippen LogP contribution is 2.59. The summed E-state index contributed by atoms with van der Waals surface area (Å²) in [4.78, 5) is 0. The van der Waals surface area contributed by atoms with E-state index in [4.69, 9.17) is 4.42 Å². The van der Waals surface area contributed by atoms with Crippen LogP contribution in [0, 0.1) is 23.2 Å². The van der Waals surface area contributed by atoms with Crippen molar-refractivity contribution in [1.29, 1.82) is 0 Å². The third kappa shape index (κ3) is 4.93. The summed E-state index contributed by atoms with van der Waals surface area (Å²) in [6.07, 6.45) is 16.2. The molecule has 5 rings (SSSR count). The minimum Gasteiger partial charge on any atom is -0.425 e. The predicted octanol–water partition coefficient (Wildman–Crippen LogP) is 5.36. The molecule has 0 bridgehead atoms. The summed E-state index contributed by atoms with van der Waals surface area (Å²) in [5.41, 5.74) is 3.06. The van der Waals surface area contributed by atoms with Gasteiger partial charge in [-0.25, -0.2) is 0 Å². The van der Waals surface area contributed by atoms with Gasteiger partial charge in [0.25, 0.3) is 0 Å². The first-order valence-corrected chi connectivity index (χ1v) is 14.3. The van der Waals surface area contributed by atoms with Crippen LogP contribution in [0.5, 0.6) is 0 Å². The van der Waals surface area contributed by atoms with E-state index < -0.39 is 23.7 Å². The van der Waals surface area contributed by atoms with Crippen molar-refractivity contribution in [3.63, 3.8) is 0 Å². The quantitative estimate of drug-likeness (QED) is 0.429. The fraction of sp³-hybridized carbons (Fsp3) is 0.677. The topological polar surface area (TPSA) is 99.6 Å². The molecule has 7 atom stereocenters. The molecule has 1 heterocycles. The van der Waals surface area contributed by atoms with Gasteiger partial charge in [0, 0.05) is 12.8 Å². The minimum absolute atomic E-state index is 0.236. The van der Waals surface area contributed by atoms with Gasteiger partial charge in [0.05, 0.1) is 23.7 Å². The maximum Gasteiger partial charge on any atom is 0.225 e. The molecule has 0 amide bonds. The van der Waals surface area contributed by atoms with Crippen LogP contribution in [0.25, 0.3) is 0 Å². The maximum absolute atomic E-state index is 11.1. The van der Waals surface area contributed by atoms with E-state index >= 15 is 0 Å². The zero-order valence-corrected chi connectivity index (χ0v) is 22.7. The van der Waals surface area contributed by atoms with Crippen molar-refractivity contribution >= 4 is 0 Å². The number of hydrogen-bond acceptors (Lipinski definition) is 6. The van der Waals surface area contributed by atoms with Crippen molar-refractivity contribution in [2.24, 2.45) is 23.2 Å². The van der Waals surface area contributed by atoms with Gasteiger partial charge in [-0.15, -0.1) is 10.2 Å². The second-order valence-electron chi connectivity index (χ2n) is 12.4. The molecule has 1 aromatic heterocycles. The lowest BCUT2D eigenvalue weighted by Crippen LogP contribution is -2.35.